The molecule has 1 aromatic rings. The summed E-state index contributed by atoms with van der Waals surface area (Å²) in [6.07, 6.45) is 1.03. The quantitative estimate of drug-likeness (QED) is 0.767. The van der Waals surface area contributed by atoms with Crippen molar-refractivity contribution in [3.05, 3.63) is 24.3 Å². The Morgan fingerprint density at radius 1 is 1.33 bits per heavy atom. The Morgan fingerprint density at radius 3 is 2.44 bits per heavy atom. The Kier molecular flexibility index (Phi) is 3.75. The molecule has 1 heterocycles. The van der Waals surface area contributed by atoms with Crippen molar-refractivity contribution in [2.45, 2.75) is 32.4 Å². The van der Waals surface area contributed by atoms with E-state index < -0.39 is 0 Å². The molecule has 1 fully saturated rings. The first-order chi connectivity index (χ1) is 8.61. The fourth-order valence-electron chi connectivity index (χ4n) is 2.07. The van der Waals surface area contributed by atoms with Crippen molar-refractivity contribution in [2.75, 3.05) is 18.6 Å². The zero-order valence-corrected chi connectivity index (χ0v) is 11.1. The van der Waals surface area contributed by atoms with E-state index in [0.717, 1.165) is 24.4 Å². The molecule has 4 heteroatoms. The van der Waals surface area contributed by atoms with E-state index in [1.54, 1.807) is 0 Å². The second-order valence-electron chi connectivity index (χ2n) is 4.68. The van der Waals surface area contributed by atoms with Crippen LogP contribution in [0.4, 0.5) is 5.69 Å². The van der Waals surface area contributed by atoms with Gasteiger partial charge in [-0.15, -0.1) is 0 Å². The van der Waals surface area contributed by atoms with E-state index >= 15 is 0 Å². The summed E-state index contributed by atoms with van der Waals surface area (Å²) in [5.41, 5.74) is 1.03. The van der Waals surface area contributed by atoms with Crippen LogP contribution in [0.1, 0.15) is 20.3 Å². The molecule has 1 atom stereocenters. The van der Waals surface area contributed by atoms with Crippen LogP contribution in [0.25, 0.3) is 0 Å². The summed E-state index contributed by atoms with van der Waals surface area (Å²) in [5, 5.41) is 0. The standard InChI is InChI=1S/C14H19NO3/c1-10(2)18-12-6-4-11(5-7-12)15-9-8-13(15)14(16)17-3/h4-7,10,13H,8-9H2,1-3H3. The van der Waals surface area contributed by atoms with E-state index in [1.165, 1.54) is 7.11 Å². The van der Waals surface area contributed by atoms with Crippen LogP contribution in [0.2, 0.25) is 0 Å². The third kappa shape index (κ3) is 2.58. The maximum absolute atomic E-state index is 11.5. The van der Waals surface area contributed by atoms with Gasteiger partial charge in [-0.2, -0.15) is 0 Å². The first-order valence-corrected chi connectivity index (χ1v) is 6.23. The predicted molar refractivity (Wildman–Crippen MR) is 70.0 cm³/mol. The fraction of sp³-hybridized carbons (Fsp3) is 0.500. The van der Waals surface area contributed by atoms with Crippen molar-refractivity contribution in [3.8, 4) is 5.75 Å². The Bertz CT molecular complexity index is 414. The van der Waals surface area contributed by atoms with Gasteiger partial charge in [-0.1, -0.05) is 0 Å². The second kappa shape index (κ2) is 5.29. The maximum Gasteiger partial charge on any atom is 0.328 e. The van der Waals surface area contributed by atoms with Crippen LogP contribution in [-0.4, -0.2) is 31.8 Å². The monoisotopic (exact) mass is 249 g/mol. The number of hydrogen-bond donors (Lipinski definition) is 0. The van der Waals surface area contributed by atoms with Crippen molar-refractivity contribution in [1.29, 1.82) is 0 Å². The molecule has 0 aromatic heterocycles. The molecule has 1 unspecified atom stereocenters. The molecule has 1 aromatic carbocycles. The van der Waals surface area contributed by atoms with E-state index in [0.29, 0.717) is 0 Å². The van der Waals surface area contributed by atoms with E-state index in [2.05, 4.69) is 0 Å². The Labute approximate surface area is 107 Å². The lowest BCUT2D eigenvalue weighted by atomic mass is 10.0. The lowest BCUT2D eigenvalue weighted by molar-refractivity contribution is -0.143. The second-order valence-corrected chi connectivity index (χ2v) is 4.68. The maximum atomic E-state index is 11.5. The molecule has 2 rings (SSSR count). The van der Waals surface area contributed by atoms with Crippen LogP contribution in [0, 0.1) is 0 Å². The molecule has 0 radical (unpaired) electrons. The highest BCUT2D eigenvalue weighted by atomic mass is 16.5. The van der Waals surface area contributed by atoms with Gasteiger partial charge in [0.05, 0.1) is 13.2 Å². The van der Waals surface area contributed by atoms with Crippen molar-refractivity contribution >= 4 is 11.7 Å². The van der Waals surface area contributed by atoms with Crippen LogP contribution >= 0.6 is 0 Å². The molecule has 1 saturated heterocycles. The minimum absolute atomic E-state index is 0.133. The zero-order valence-electron chi connectivity index (χ0n) is 11.1. The number of carbonyl (C=O) groups excluding carboxylic acids is 1. The van der Waals surface area contributed by atoms with Gasteiger partial charge in [-0.25, -0.2) is 4.79 Å². The summed E-state index contributed by atoms with van der Waals surface area (Å²) in [6, 6.07) is 7.69. The summed E-state index contributed by atoms with van der Waals surface area (Å²) in [4.78, 5) is 13.5. The van der Waals surface area contributed by atoms with Crippen LogP contribution < -0.4 is 9.64 Å². The Hall–Kier alpha value is -1.71. The molecule has 0 N–H and O–H groups in total. The number of esters is 1. The number of benzene rings is 1. The number of carbonyl (C=O) groups is 1. The zero-order chi connectivity index (χ0) is 13.1. The number of methoxy groups -OCH3 is 1. The van der Waals surface area contributed by atoms with Crippen molar-refractivity contribution < 1.29 is 14.3 Å². The molecule has 0 bridgehead atoms. The molecule has 0 aliphatic carbocycles. The number of anilines is 1. The minimum Gasteiger partial charge on any atom is -0.491 e. The van der Waals surface area contributed by atoms with Crippen LogP contribution in [0.15, 0.2) is 24.3 Å². The molecule has 0 spiro atoms. The smallest absolute Gasteiger partial charge is 0.328 e. The molecule has 4 nitrogen and oxygen atoms in total. The Morgan fingerprint density at radius 2 is 2.00 bits per heavy atom. The number of nitrogens with zero attached hydrogens (tertiary/aromatic N) is 1. The summed E-state index contributed by atoms with van der Waals surface area (Å²) >= 11 is 0. The lowest BCUT2D eigenvalue weighted by Gasteiger charge is -2.40. The van der Waals surface area contributed by atoms with Gasteiger partial charge in [0.2, 0.25) is 0 Å². The van der Waals surface area contributed by atoms with Crippen LogP contribution in [0.5, 0.6) is 5.75 Å². The summed E-state index contributed by atoms with van der Waals surface area (Å²) in [7, 11) is 1.43. The third-order valence-electron chi connectivity index (χ3n) is 3.03. The van der Waals surface area contributed by atoms with Crippen LogP contribution in [-0.2, 0) is 9.53 Å². The van der Waals surface area contributed by atoms with Gasteiger partial charge < -0.3 is 14.4 Å². The minimum atomic E-state index is -0.163. The average molecular weight is 249 g/mol. The molecule has 98 valence electrons. The molecule has 1 aliphatic rings. The van der Waals surface area contributed by atoms with Gasteiger partial charge in [0.1, 0.15) is 11.8 Å². The largest absolute Gasteiger partial charge is 0.491 e. The summed E-state index contributed by atoms with van der Waals surface area (Å²) < 4.78 is 10.4. The fourth-order valence-corrected chi connectivity index (χ4v) is 2.07. The highest BCUT2D eigenvalue weighted by molar-refractivity contribution is 5.82. The van der Waals surface area contributed by atoms with Crippen molar-refractivity contribution in [3.63, 3.8) is 0 Å². The topological polar surface area (TPSA) is 38.8 Å². The third-order valence-corrected chi connectivity index (χ3v) is 3.03. The van der Waals surface area contributed by atoms with E-state index in [9.17, 15) is 4.79 Å². The number of rotatable bonds is 4. The van der Waals surface area contributed by atoms with Gasteiger partial charge >= 0.3 is 5.97 Å². The summed E-state index contributed by atoms with van der Waals surface area (Å²) in [5.74, 6) is 0.688. The van der Waals surface area contributed by atoms with Crippen molar-refractivity contribution in [2.24, 2.45) is 0 Å². The highest BCUT2D eigenvalue weighted by Gasteiger charge is 2.34. The van der Waals surface area contributed by atoms with Gasteiger partial charge in [0, 0.05) is 12.2 Å². The lowest BCUT2D eigenvalue weighted by Crippen LogP contribution is -2.53. The number of hydrogen-bond acceptors (Lipinski definition) is 4. The molecule has 18 heavy (non-hydrogen) atoms. The SMILES string of the molecule is COC(=O)C1CCN1c1ccc(OC(C)C)cc1. The van der Waals surface area contributed by atoms with Gasteiger partial charge in [-0.3, -0.25) is 0 Å². The van der Waals surface area contributed by atoms with E-state index in [4.69, 9.17) is 9.47 Å². The number of ether oxygens (including phenoxy) is 2. The van der Waals surface area contributed by atoms with Gasteiger partial charge in [0.15, 0.2) is 0 Å². The normalized spacial score (nSPS) is 18.4. The van der Waals surface area contributed by atoms with Crippen molar-refractivity contribution in [1.82, 2.24) is 0 Å². The predicted octanol–water partition coefficient (Wildman–Crippen LogP) is 2.23. The van der Waals surface area contributed by atoms with Gasteiger partial charge in [-0.05, 0) is 44.5 Å². The average Bonchev–Trinajstić information content (AvgIpc) is 2.29. The van der Waals surface area contributed by atoms with E-state index in [1.807, 2.05) is 43.0 Å². The molecule has 1 aliphatic heterocycles. The van der Waals surface area contributed by atoms with Crippen LogP contribution in [0.3, 0.4) is 0 Å². The summed E-state index contributed by atoms with van der Waals surface area (Å²) in [6.45, 7) is 4.89. The molecule has 0 amide bonds. The molecular formula is C14H19NO3. The first-order valence-electron chi connectivity index (χ1n) is 6.23. The first kappa shape index (κ1) is 12.7. The molecular weight excluding hydrogens is 230 g/mol. The van der Waals surface area contributed by atoms with E-state index in [-0.39, 0.29) is 18.1 Å². The highest BCUT2D eigenvalue weighted by Crippen LogP contribution is 2.28. The Balaban J connectivity index is 2.04. The van der Waals surface area contributed by atoms with Gasteiger partial charge in [0.25, 0.3) is 0 Å². The molecule has 0 saturated carbocycles.